The zero-order valence-corrected chi connectivity index (χ0v) is 18.5. The maximum Gasteiger partial charge on any atom is 0.263 e. The van der Waals surface area contributed by atoms with E-state index in [-0.39, 0.29) is 34.6 Å². The summed E-state index contributed by atoms with van der Waals surface area (Å²) in [7, 11) is -1.45. The summed E-state index contributed by atoms with van der Waals surface area (Å²) in [5, 5.41) is 2.79. The largest absolute Gasteiger partial charge is 0.494 e. The number of pyridine rings is 2. The number of methoxy groups -OCH3 is 1. The highest BCUT2D eigenvalue weighted by Gasteiger charge is 2.28. The Morgan fingerprint density at radius 3 is 2.62 bits per heavy atom. The second-order valence-corrected chi connectivity index (χ2v) is 10.7. The Morgan fingerprint density at radius 1 is 1.19 bits per heavy atom. The Labute approximate surface area is 185 Å². The van der Waals surface area contributed by atoms with Crippen molar-refractivity contribution in [3.63, 3.8) is 0 Å². The molecule has 0 radical (unpaired) electrons. The van der Waals surface area contributed by atoms with Gasteiger partial charge in [0.05, 0.1) is 24.3 Å². The van der Waals surface area contributed by atoms with Crippen molar-refractivity contribution in [3.05, 3.63) is 58.4 Å². The van der Waals surface area contributed by atoms with Crippen LogP contribution in [-0.4, -0.2) is 46.9 Å². The van der Waals surface area contributed by atoms with Gasteiger partial charge >= 0.3 is 0 Å². The van der Waals surface area contributed by atoms with Gasteiger partial charge in [0.1, 0.15) is 32.5 Å². The summed E-state index contributed by atoms with van der Waals surface area (Å²) in [5.41, 5.74) is 1.65. The zero-order chi connectivity index (χ0) is 22.5. The molecule has 0 bridgehead atoms. The van der Waals surface area contributed by atoms with Crippen molar-refractivity contribution in [3.8, 4) is 5.75 Å². The van der Waals surface area contributed by atoms with E-state index >= 15 is 0 Å². The molecule has 2 aliphatic rings. The lowest BCUT2D eigenvalue weighted by molar-refractivity contribution is 0.102. The molecule has 0 aromatic carbocycles. The topological polar surface area (TPSA) is 112 Å². The summed E-state index contributed by atoms with van der Waals surface area (Å²) in [4.78, 5) is 30.2. The van der Waals surface area contributed by atoms with Gasteiger partial charge < -0.3 is 19.0 Å². The summed E-state index contributed by atoms with van der Waals surface area (Å²) >= 11 is 0. The highest BCUT2D eigenvalue weighted by Crippen LogP contribution is 2.34. The molecule has 1 N–H and O–H groups in total. The molecular weight excluding hydrogens is 432 g/mol. The molecule has 2 fully saturated rings. The molecule has 1 saturated heterocycles. The lowest BCUT2D eigenvalue weighted by Crippen LogP contribution is -2.28. The molecule has 0 atom stereocenters. The normalized spacial score (nSPS) is 18.5. The van der Waals surface area contributed by atoms with Gasteiger partial charge in [0.15, 0.2) is 0 Å². The average molecular weight is 457 g/mol. The lowest BCUT2D eigenvalue weighted by atomic mass is 10.00. The fourth-order valence-corrected chi connectivity index (χ4v) is 5.68. The van der Waals surface area contributed by atoms with Crippen LogP contribution in [0.2, 0.25) is 0 Å². The minimum Gasteiger partial charge on any atom is -0.494 e. The first-order valence-electron chi connectivity index (χ1n) is 10.6. The fraction of sp³-hybridized carbons (Fsp3) is 0.409. The fourth-order valence-electron chi connectivity index (χ4n) is 4.19. The molecule has 3 aromatic rings. The van der Waals surface area contributed by atoms with E-state index in [1.807, 2.05) is 6.20 Å². The Balaban J connectivity index is 1.43. The minimum atomic E-state index is -2.95. The van der Waals surface area contributed by atoms with Crippen LogP contribution in [0.25, 0.3) is 5.65 Å². The average Bonchev–Trinajstić information content (AvgIpc) is 3.52. The molecule has 9 nitrogen and oxygen atoms in total. The van der Waals surface area contributed by atoms with Crippen LogP contribution in [0.3, 0.4) is 0 Å². The second kappa shape index (κ2) is 7.77. The van der Waals surface area contributed by atoms with Crippen LogP contribution in [-0.2, 0) is 9.84 Å². The van der Waals surface area contributed by atoms with Crippen LogP contribution in [0.1, 0.15) is 53.7 Å². The predicted octanol–water partition coefficient (Wildman–Crippen LogP) is 2.38. The Hall–Kier alpha value is -3.14. The number of carbonyl (C=O) groups excluding carboxylic acids is 1. The van der Waals surface area contributed by atoms with Gasteiger partial charge in [-0.2, -0.15) is 0 Å². The van der Waals surface area contributed by atoms with Gasteiger partial charge in [0.25, 0.3) is 11.5 Å². The third-order valence-electron chi connectivity index (χ3n) is 6.17. The molecule has 4 heterocycles. The number of anilines is 1. The first kappa shape index (κ1) is 20.7. The Morgan fingerprint density at radius 2 is 1.94 bits per heavy atom. The summed E-state index contributed by atoms with van der Waals surface area (Å²) < 4.78 is 32.3. The Bertz CT molecular complexity index is 1360. The molecule has 10 heteroatoms. The number of imidazole rings is 1. The van der Waals surface area contributed by atoms with Gasteiger partial charge in [0.2, 0.25) is 0 Å². The molecular formula is C22H24N4O5S. The third-order valence-corrected chi connectivity index (χ3v) is 7.89. The molecule has 1 amide bonds. The standard InChI is InChI=1S/C22H24N4O5S/c1-31-19-11-20-23-17(14-6-9-32(29,30)10-7-14)12-25(20)13-18(19)24-21(27)16-3-2-8-26(22(16)28)15-4-5-15/h2-3,8,11-15H,4-7,9-10H2,1H3,(H,24,27). The number of aromatic nitrogens is 3. The smallest absolute Gasteiger partial charge is 0.263 e. The van der Waals surface area contributed by atoms with E-state index < -0.39 is 15.7 Å². The van der Waals surface area contributed by atoms with E-state index in [4.69, 9.17) is 4.74 Å². The summed E-state index contributed by atoms with van der Waals surface area (Å²) in [6.07, 6.45) is 8.27. The number of hydrogen-bond acceptors (Lipinski definition) is 6. The minimum absolute atomic E-state index is 0.0765. The van der Waals surface area contributed by atoms with E-state index in [0.717, 1.165) is 18.5 Å². The maximum absolute atomic E-state index is 12.9. The van der Waals surface area contributed by atoms with Crippen molar-refractivity contribution < 1.29 is 17.9 Å². The van der Waals surface area contributed by atoms with Crippen molar-refractivity contribution in [2.45, 2.75) is 37.6 Å². The van der Waals surface area contributed by atoms with Crippen LogP contribution in [0, 0.1) is 0 Å². The van der Waals surface area contributed by atoms with Crippen molar-refractivity contribution in [2.75, 3.05) is 23.9 Å². The number of sulfone groups is 1. The molecule has 1 aliphatic carbocycles. The number of nitrogens with one attached hydrogen (secondary N) is 1. The van der Waals surface area contributed by atoms with E-state index in [1.54, 1.807) is 33.5 Å². The van der Waals surface area contributed by atoms with Gasteiger partial charge in [-0.25, -0.2) is 13.4 Å². The number of fused-ring (bicyclic) bond motifs is 1. The van der Waals surface area contributed by atoms with Crippen LogP contribution >= 0.6 is 0 Å². The third kappa shape index (κ3) is 3.90. The number of carbonyl (C=O) groups is 1. The van der Waals surface area contributed by atoms with Gasteiger partial charge in [-0.3, -0.25) is 9.59 Å². The van der Waals surface area contributed by atoms with Crippen LogP contribution < -0.4 is 15.6 Å². The summed E-state index contributed by atoms with van der Waals surface area (Å²) in [6, 6.07) is 5.13. The van der Waals surface area contributed by atoms with Gasteiger partial charge in [-0.1, -0.05) is 0 Å². The number of nitrogens with zero attached hydrogens (tertiary/aromatic N) is 3. The SMILES string of the molecule is COc1cc2nc(C3CCS(=O)(=O)CC3)cn2cc1NC(=O)c1cccn(C2CC2)c1=O. The van der Waals surface area contributed by atoms with E-state index in [2.05, 4.69) is 10.3 Å². The van der Waals surface area contributed by atoms with Crippen LogP contribution in [0.5, 0.6) is 5.75 Å². The first-order chi connectivity index (χ1) is 15.3. The highest BCUT2D eigenvalue weighted by atomic mass is 32.2. The second-order valence-electron chi connectivity index (χ2n) is 8.43. The zero-order valence-electron chi connectivity index (χ0n) is 17.7. The molecule has 1 aliphatic heterocycles. The van der Waals surface area contributed by atoms with Gasteiger partial charge in [-0.15, -0.1) is 0 Å². The number of rotatable bonds is 5. The molecule has 0 spiro atoms. The highest BCUT2D eigenvalue weighted by molar-refractivity contribution is 7.91. The summed E-state index contributed by atoms with van der Waals surface area (Å²) in [5.74, 6) is 0.345. The monoisotopic (exact) mass is 456 g/mol. The lowest BCUT2D eigenvalue weighted by Gasteiger charge is -2.19. The van der Waals surface area contributed by atoms with Crippen molar-refractivity contribution in [2.24, 2.45) is 0 Å². The van der Waals surface area contributed by atoms with Crippen molar-refractivity contribution in [1.29, 1.82) is 0 Å². The predicted molar refractivity (Wildman–Crippen MR) is 119 cm³/mol. The first-order valence-corrected chi connectivity index (χ1v) is 12.5. The van der Waals surface area contributed by atoms with Crippen molar-refractivity contribution >= 4 is 27.1 Å². The maximum atomic E-state index is 12.9. The van der Waals surface area contributed by atoms with Crippen molar-refractivity contribution in [1.82, 2.24) is 14.0 Å². The number of amides is 1. The van der Waals surface area contributed by atoms with E-state index in [1.165, 1.54) is 13.2 Å². The van der Waals surface area contributed by atoms with Gasteiger partial charge in [0, 0.05) is 36.6 Å². The van der Waals surface area contributed by atoms with E-state index in [9.17, 15) is 18.0 Å². The van der Waals surface area contributed by atoms with E-state index in [0.29, 0.717) is 29.9 Å². The van der Waals surface area contributed by atoms with Crippen LogP contribution in [0.4, 0.5) is 5.69 Å². The quantitative estimate of drug-likeness (QED) is 0.631. The molecule has 168 valence electrons. The Kier molecular flexibility index (Phi) is 5.04. The van der Waals surface area contributed by atoms with Gasteiger partial charge in [-0.05, 0) is 37.8 Å². The molecule has 5 rings (SSSR count). The number of ether oxygens (including phenoxy) is 1. The summed E-state index contributed by atoms with van der Waals surface area (Å²) in [6.45, 7) is 0. The molecule has 32 heavy (non-hydrogen) atoms. The number of hydrogen-bond donors (Lipinski definition) is 1. The molecule has 0 unspecified atom stereocenters. The molecule has 1 saturated carbocycles. The van der Waals surface area contributed by atoms with Crippen LogP contribution in [0.15, 0.2) is 41.6 Å². The molecule has 3 aromatic heterocycles.